The molecular weight excluding hydrogens is 367 g/mol. The van der Waals surface area contributed by atoms with Gasteiger partial charge in [0.15, 0.2) is 6.10 Å². The number of hydrogen-bond donors (Lipinski definition) is 2. The van der Waals surface area contributed by atoms with Crippen LogP contribution < -0.4 is 5.32 Å². The van der Waals surface area contributed by atoms with Crippen molar-refractivity contribution in [1.82, 2.24) is 0 Å². The molecule has 0 spiro atoms. The van der Waals surface area contributed by atoms with E-state index in [2.05, 4.69) is 5.32 Å². The van der Waals surface area contributed by atoms with Gasteiger partial charge in [-0.2, -0.15) is 5.26 Å². The second-order valence-corrected chi connectivity index (χ2v) is 5.85. The molecule has 0 saturated carbocycles. The van der Waals surface area contributed by atoms with Gasteiger partial charge in [0, 0.05) is 10.7 Å². The molecule has 2 aromatic carbocycles. The standard InChI is InChI=1S/C17H12Cl2N2O4/c1-9(25-17(24)13-5-3-11(18)6-15(13)22)16(23)21-12-4-2-10(8-20)14(19)7-12/h2-7,9,22H,1H3,(H,21,23)/t9-/m0/s1. The third kappa shape index (κ3) is 4.63. The molecule has 1 amide bonds. The molecule has 2 N–H and O–H groups in total. The lowest BCUT2D eigenvalue weighted by atomic mass is 10.2. The fourth-order valence-electron chi connectivity index (χ4n) is 1.88. The molecule has 1 atom stereocenters. The molecule has 0 radical (unpaired) electrons. The van der Waals surface area contributed by atoms with Gasteiger partial charge in [-0.15, -0.1) is 0 Å². The molecule has 0 fully saturated rings. The molecule has 8 heteroatoms. The van der Waals surface area contributed by atoms with Crippen molar-refractivity contribution in [3.05, 3.63) is 57.6 Å². The van der Waals surface area contributed by atoms with Crippen LogP contribution >= 0.6 is 23.2 Å². The molecule has 0 bridgehead atoms. The summed E-state index contributed by atoms with van der Waals surface area (Å²) >= 11 is 11.6. The van der Waals surface area contributed by atoms with Crippen molar-refractivity contribution in [1.29, 1.82) is 5.26 Å². The lowest BCUT2D eigenvalue weighted by Gasteiger charge is -2.14. The number of rotatable bonds is 4. The Kier molecular flexibility index (Phi) is 5.86. The molecular formula is C17H12Cl2N2O4. The van der Waals surface area contributed by atoms with Gasteiger partial charge in [-0.05, 0) is 43.3 Å². The lowest BCUT2D eigenvalue weighted by molar-refractivity contribution is -0.123. The first-order valence-corrected chi connectivity index (χ1v) is 7.77. The van der Waals surface area contributed by atoms with E-state index in [-0.39, 0.29) is 26.9 Å². The van der Waals surface area contributed by atoms with Crippen molar-refractivity contribution in [2.24, 2.45) is 0 Å². The maximum absolute atomic E-state index is 12.1. The molecule has 128 valence electrons. The number of nitrogens with zero attached hydrogens (tertiary/aromatic N) is 1. The van der Waals surface area contributed by atoms with E-state index < -0.39 is 18.0 Å². The van der Waals surface area contributed by atoms with E-state index >= 15 is 0 Å². The van der Waals surface area contributed by atoms with Gasteiger partial charge in [-0.1, -0.05) is 23.2 Å². The topological polar surface area (TPSA) is 99.4 Å². The predicted molar refractivity (Wildman–Crippen MR) is 92.8 cm³/mol. The normalized spacial score (nSPS) is 11.3. The first-order chi connectivity index (χ1) is 11.8. The number of nitrogens with one attached hydrogen (secondary N) is 1. The number of aromatic hydroxyl groups is 1. The van der Waals surface area contributed by atoms with Gasteiger partial charge in [-0.25, -0.2) is 4.79 Å². The van der Waals surface area contributed by atoms with Crippen molar-refractivity contribution in [2.45, 2.75) is 13.0 Å². The van der Waals surface area contributed by atoms with Gasteiger partial charge in [-0.3, -0.25) is 4.79 Å². The van der Waals surface area contributed by atoms with E-state index in [0.717, 1.165) is 0 Å². The summed E-state index contributed by atoms with van der Waals surface area (Å²) in [5.74, 6) is -1.80. The van der Waals surface area contributed by atoms with Crippen molar-refractivity contribution in [3.8, 4) is 11.8 Å². The zero-order chi connectivity index (χ0) is 18.6. The summed E-state index contributed by atoms with van der Waals surface area (Å²) in [4.78, 5) is 24.1. The summed E-state index contributed by atoms with van der Waals surface area (Å²) in [5, 5.41) is 21.5. The Morgan fingerprint density at radius 1 is 1.24 bits per heavy atom. The monoisotopic (exact) mass is 378 g/mol. The van der Waals surface area contributed by atoms with Crippen LogP contribution in [0, 0.1) is 11.3 Å². The number of hydrogen-bond acceptors (Lipinski definition) is 5. The van der Waals surface area contributed by atoms with Crippen LogP contribution in [-0.2, 0) is 9.53 Å². The number of carbonyl (C=O) groups is 2. The van der Waals surface area contributed by atoms with Gasteiger partial charge >= 0.3 is 5.97 Å². The average molecular weight is 379 g/mol. The number of phenolic OH excluding ortho intramolecular Hbond substituents is 1. The van der Waals surface area contributed by atoms with Gasteiger partial charge in [0.05, 0.1) is 10.6 Å². The molecule has 0 aliphatic rings. The van der Waals surface area contributed by atoms with E-state index in [1.165, 1.54) is 43.3 Å². The quantitative estimate of drug-likeness (QED) is 0.789. The van der Waals surface area contributed by atoms with Crippen molar-refractivity contribution < 1.29 is 19.4 Å². The smallest absolute Gasteiger partial charge is 0.342 e. The van der Waals surface area contributed by atoms with Gasteiger partial charge in [0.1, 0.15) is 17.4 Å². The highest BCUT2D eigenvalue weighted by atomic mass is 35.5. The largest absolute Gasteiger partial charge is 0.507 e. The maximum Gasteiger partial charge on any atom is 0.342 e. The second-order valence-electron chi connectivity index (χ2n) is 5.00. The molecule has 0 unspecified atom stereocenters. The van der Waals surface area contributed by atoms with Gasteiger partial charge in [0.25, 0.3) is 5.91 Å². The number of phenols is 1. The number of nitriles is 1. The molecule has 6 nitrogen and oxygen atoms in total. The van der Waals surface area contributed by atoms with E-state index in [9.17, 15) is 14.7 Å². The summed E-state index contributed by atoms with van der Waals surface area (Å²) in [5.41, 5.74) is 0.522. The van der Waals surface area contributed by atoms with Crippen molar-refractivity contribution in [3.63, 3.8) is 0 Å². The first-order valence-electron chi connectivity index (χ1n) is 7.02. The predicted octanol–water partition coefficient (Wildman–Crippen LogP) is 3.75. The second kappa shape index (κ2) is 7.88. The third-order valence-corrected chi connectivity index (χ3v) is 3.74. The van der Waals surface area contributed by atoms with Crippen LogP contribution in [0.5, 0.6) is 5.75 Å². The minimum Gasteiger partial charge on any atom is -0.507 e. The molecule has 0 saturated heterocycles. The summed E-state index contributed by atoms with van der Waals surface area (Å²) < 4.78 is 5.03. The summed E-state index contributed by atoms with van der Waals surface area (Å²) in [7, 11) is 0. The highest BCUT2D eigenvalue weighted by Crippen LogP contribution is 2.23. The number of ether oxygens (including phenoxy) is 1. The molecule has 2 aromatic rings. The Hall–Kier alpha value is -2.75. The third-order valence-electron chi connectivity index (χ3n) is 3.19. The maximum atomic E-state index is 12.1. The molecule has 0 aliphatic carbocycles. The molecule has 2 rings (SSSR count). The van der Waals surface area contributed by atoms with Crippen LogP contribution in [0.25, 0.3) is 0 Å². The minimum atomic E-state index is -1.13. The Balaban J connectivity index is 2.04. The van der Waals surface area contributed by atoms with E-state index in [0.29, 0.717) is 5.69 Å². The Labute approximate surface area is 153 Å². The summed E-state index contributed by atoms with van der Waals surface area (Å²) in [6.07, 6.45) is -1.13. The van der Waals surface area contributed by atoms with Crippen LogP contribution in [0.3, 0.4) is 0 Å². The van der Waals surface area contributed by atoms with Crippen LogP contribution in [0.15, 0.2) is 36.4 Å². The van der Waals surface area contributed by atoms with E-state index in [1.807, 2.05) is 6.07 Å². The Morgan fingerprint density at radius 2 is 1.96 bits per heavy atom. The van der Waals surface area contributed by atoms with E-state index in [4.69, 9.17) is 33.2 Å². The van der Waals surface area contributed by atoms with Gasteiger partial charge < -0.3 is 15.2 Å². The summed E-state index contributed by atoms with van der Waals surface area (Å²) in [6.45, 7) is 1.38. The Morgan fingerprint density at radius 3 is 2.56 bits per heavy atom. The van der Waals surface area contributed by atoms with Crippen LogP contribution in [-0.4, -0.2) is 23.1 Å². The van der Waals surface area contributed by atoms with Crippen LogP contribution in [0.1, 0.15) is 22.8 Å². The highest BCUT2D eigenvalue weighted by Gasteiger charge is 2.21. The van der Waals surface area contributed by atoms with E-state index in [1.54, 1.807) is 0 Å². The summed E-state index contributed by atoms with van der Waals surface area (Å²) in [6, 6.07) is 10.2. The number of esters is 1. The Bertz CT molecular complexity index is 877. The van der Waals surface area contributed by atoms with Gasteiger partial charge in [0.2, 0.25) is 0 Å². The number of amides is 1. The minimum absolute atomic E-state index is 0.106. The van der Waals surface area contributed by atoms with Crippen molar-refractivity contribution in [2.75, 3.05) is 5.32 Å². The van der Waals surface area contributed by atoms with Crippen LogP contribution in [0.2, 0.25) is 10.0 Å². The lowest BCUT2D eigenvalue weighted by Crippen LogP contribution is -2.30. The number of halogens is 2. The fraction of sp³-hybridized carbons (Fsp3) is 0.118. The average Bonchev–Trinajstić information content (AvgIpc) is 2.54. The number of anilines is 1. The highest BCUT2D eigenvalue weighted by molar-refractivity contribution is 6.32. The zero-order valence-corrected chi connectivity index (χ0v) is 14.4. The number of benzene rings is 2. The molecule has 0 heterocycles. The number of carbonyl (C=O) groups excluding carboxylic acids is 2. The SMILES string of the molecule is C[C@H](OC(=O)c1ccc(Cl)cc1O)C(=O)Nc1ccc(C#N)c(Cl)c1. The molecule has 0 aromatic heterocycles. The van der Waals surface area contributed by atoms with Crippen molar-refractivity contribution >= 4 is 40.8 Å². The molecule has 0 aliphatic heterocycles. The zero-order valence-electron chi connectivity index (χ0n) is 12.9. The fourth-order valence-corrected chi connectivity index (χ4v) is 2.27. The molecule has 25 heavy (non-hydrogen) atoms. The first kappa shape index (κ1) is 18.6. The van der Waals surface area contributed by atoms with Crippen LogP contribution in [0.4, 0.5) is 5.69 Å².